The second-order valence-electron chi connectivity index (χ2n) is 3.45. The average molecular weight is 214 g/mol. The number of pyridine rings is 1. The number of aromatic carboxylic acids is 1. The number of halogens is 1. The smallest absolute Gasteiger partial charge is 0.337 e. The molecule has 0 amide bonds. The van der Waals surface area contributed by atoms with Gasteiger partial charge in [0.1, 0.15) is 0 Å². The Hall–Kier alpha value is -1.09. The van der Waals surface area contributed by atoms with Crippen molar-refractivity contribution in [3.63, 3.8) is 0 Å². The first-order chi connectivity index (χ1) is 6.18. The van der Waals surface area contributed by atoms with Gasteiger partial charge in [-0.2, -0.15) is 0 Å². The second kappa shape index (κ2) is 3.96. The average Bonchev–Trinajstić information content (AvgIpc) is 2.85. The van der Waals surface area contributed by atoms with Crippen molar-refractivity contribution < 1.29 is 9.90 Å². The first kappa shape index (κ1) is 11.0. The first-order valence-corrected chi connectivity index (χ1v) is 4.39. The molecular formula is C10H12ClNO2. The van der Waals surface area contributed by atoms with E-state index in [0.29, 0.717) is 17.2 Å². The summed E-state index contributed by atoms with van der Waals surface area (Å²) in [5.41, 5.74) is 1.98. The molecule has 0 unspecified atom stereocenters. The van der Waals surface area contributed by atoms with Gasteiger partial charge in [-0.1, -0.05) is 0 Å². The van der Waals surface area contributed by atoms with Crippen LogP contribution in [0.25, 0.3) is 0 Å². The summed E-state index contributed by atoms with van der Waals surface area (Å²) in [6, 6.07) is 3.48. The van der Waals surface area contributed by atoms with Crippen molar-refractivity contribution in [3.8, 4) is 0 Å². The number of nitrogens with zero attached hydrogens (tertiary/aromatic N) is 1. The number of aryl methyl sites for hydroxylation is 1. The molecule has 1 aliphatic carbocycles. The number of aromatic nitrogens is 1. The summed E-state index contributed by atoms with van der Waals surface area (Å²) in [5.74, 6) is -0.311. The summed E-state index contributed by atoms with van der Waals surface area (Å²) in [6.45, 7) is 1.75. The molecule has 0 spiro atoms. The Morgan fingerprint density at radius 2 is 2.14 bits per heavy atom. The van der Waals surface area contributed by atoms with Gasteiger partial charge in [0.2, 0.25) is 0 Å². The number of carbonyl (C=O) groups is 1. The molecule has 1 saturated carbocycles. The Balaban J connectivity index is 0.000000980. The maximum Gasteiger partial charge on any atom is 0.337 e. The van der Waals surface area contributed by atoms with E-state index < -0.39 is 5.97 Å². The van der Waals surface area contributed by atoms with E-state index in [2.05, 4.69) is 4.98 Å². The monoisotopic (exact) mass is 213 g/mol. The Kier molecular flexibility index (Phi) is 3.11. The van der Waals surface area contributed by atoms with E-state index in [9.17, 15) is 4.79 Å². The van der Waals surface area contributed by atoms with Crippen LogP contribution in [0, 0.1) is 6.92 Å². The minimum atomic E-state index is -0.896. The molecule has 1 aliphatic rings. The minimum Gasteiger partial charge on any atom is -0.478 e. The highest BCUT2D eigenvalue weighted by Gasteiger charge is 2.25. The summed E-state index contributed by atoms with van der Waals surface area (Å²) in [7, 11) is 0. The lowest BCUT2D eigenvalue weighted by molar-refractivity contribution is 0.0695. The third kappa shape index (κ3) is 2.04. The van der Waals surface area contributed by atoms with Crippen molar-refractivity contribution in [2.24, 2.45) is 0 Å². The molecule has 1 heterocycles. The largest absolute Gasteiger partial charge is 0.478 e. The van der Waals surface area contributed by atoms with Crippen LogP contribution in [0.2, 0.25) is 0 Å². The SMILES string of the molecule is Cc1nc(C2CC2)ccc1C(=O)O.Cl. The van der Waals surface area contributed by atoms with Gasteiger partial charge in [-0.15, -0.1) is 12.4 Å². The molecule has 0 aromatic carbocycles. The molecule has 4 heteroatoms. The van der Waals surface area contributed by atoms with Crippen molar-refractivity contribution in [1.29, 1.82) is 0 Å². The number of rotatable bonds is 2. The van der Waals surface area contributed by atoms with Crippen molar-refractivity contribution in [2.45, 2.75) is 25.7 Å². The van der Waals surface area contributed by atoms with E-state index in [1.807, 2.05) is 6.07 Å². The van der Waals surface area contributed by atoms with Crippen LogP contribution in [0.15, 0.2) is 12.1 Å². The molecule has 0 radical (unpaired) electrons. The number of carboxylic acids is 1. The quantitative estimate of drug-likeness (QED) is 0.821. The van der Waals surface area contributed by atoms with Gasteiger partial charge in [-0.3, -0.25) is 4.98 Å². The molecule has 0 saturated heterocycles. The molecule has 0 aliphatic heterocycles. The summed E-state index contributed by atoms with van der Waals surface area (Å²) in [5, 5.41) is 8.77. The lowest BCUT2D eigenvalue weighted by atomic mass is 10.1. The number of carboxylic acid groups (broad SMARTS) is 1. The van der Waals surface area contributed by atoms with Crippen LogP contribution < -0.4 is 0 Å². The van der Waals surface area contributed by atoms with E-state index in [4.69, 9.17) is 5.11 Å². The molecule has 1 fully saturated rings. The maximum atomic E-state index is 10.7. The number of hydrogen-bond donors (Lipinski definition) is 1. The van der Waals surface area contributed by atoms with Crippen molar-refractivity contribution in [3.05, 3.63) is 29.1 Å². The van der Waals surface area contributed by atoms with Gasteiger partial charge < -0.3 is 5.11 Å². The lowest BCUT2D eigenvalue weighted by Crippen LogP contribution is -2.02. The maximum absolute atomic E-state index is 10.7. The summed E-state index contributed by atoms with van der Waals surface area (Å²) in [4.78, 5) is 15.0. The fraction of sp³-hybridized carbons (Fsp3) is 0.400. The molecule has 0 bridgehead atoms. The number of hydrogen-bond acceptors (Lipinski definition) is 2. The van der Waals surface area contributed by atoms with E-state index >= 15 is 0 Å². The second-order valence-corrected chi connectivity index (χ2v) is 3.45. The van der Waals surface area contributed by atoms with Gasteiger partial charge in [0.05, 0.1) is 11.3 Å². The molecule has 1 aromatic rings. The summed E-state index contributed by atoms with van der Waals surface area (Å²) < 4.78 is 0. The fourth-order valence-corrected chi connectivity index (χ4v) is 1.41. The van der Waals surface area contributed by atoms with Crippen LogP contribution in [-0.2, 0) is 0 Å². The van der Waals surface area contributed by atoms with Gasteiger partial charge in [0, 0.05) is 11.6 Å². The van der Waals surface area contributed by atoms with Crippen LogP contribution in [0.4, 0.5) is 0 Å². The van der Waals surface area contributed by atoms with Crippen LogP contribution in [0.1, 0.15) is 40.5 Å². The molecule has 1 N–H and O–H groups in total. The highest BCUT2D eigenvalue weighted by atomic mass is 35.5. The Morgan fingerprint density at radius 3 is 2.57 bits per heavy atom. The highest BCUT2D eigenvalue weighted by Crippen LogP contribution is 2.39. The predicted molar refractivity (Wildman–Crippen MR) is 55.2 cm³/mol. The van der Waals surface area contributed by atoms with E-state index in [1.54, 1.807) is 13.0 Å². The van der Waals surface area contributed by atoms with Crippen LogP contribution >= 0.6 is 12.4 Å². The normalized spacial score (nSPS) is 14.6. The van der Waals surface area contributed by atoms with Crippen molar-refractivity contribution in [1.82, 2.24) is 4.98 Å². The van der Waals surface area contributed by atoms with Gasteiger partial charge in [-0.05, 0) is 31.9 Å². The predicted octanol–water partition coefficient (Wildman–Crippen LogP) is 2.39. The lowest BCUT2D eigenvalue weighted by Gasteiger charge is -2.02. The molecular weight excluding hydrogens is 202 g/mol. The molecule has 76 valence electrons. The van der Waals surface area contributed by atoms with Crippen LogP contribution in [0.3, 0.4) is 0 Å². The van der Waals surface area contributed by atoms with Crippen LogP contribution in [0.5, 0.6) is 0 Å². The topological polar surface area (TPSA) is 50.2 Å². The van der Waals surface area contributed by atoms with E-state index in [0.717, 1.165) is 5.69 Å². The molecule has 3 nitrogen and oxygen atoms in total. The van der Waals surface area contributed by atoms with E-state index in [1.165, 1.54) is 12.8 Å². The first-order valence-electron chi connectivity index (χ1n) is 4.39. The Bertz CT molecular complexity index is 361. The fourth-order valence-electron chi connectivity index (χ4n) is 1.41. The van der Waals surface area contributed by atoms with Crippen LogP contribution in [-0.4, -0.2) is 16.1 Å². The highest BCUT2D eigenvalue weighted by molar-refractivity contribution is 5.88. The zero-order chi connectivity index (χ0) is 9.42. The summed E-state index contributed by atoms with van der Waals surface area (Å²) >= 11 is 0. The zero-order valence-corrected chi connectivity index (χ0v) is 8.67. The van der Waals surface area contributed by atoms with Crippen molar-refractivity contribution >= 4 is 18.4 Å². The van der Waals surface area contributed by atoms with E-state index in [-0.39, 0.29) is 12.4 Å². The molecule has 2 rings (SSSR count). The summed E-state index contributed by atoms with van der Waals surface area (Å²) in [6.07, 6.45) is 2.39. The third-order valence-electron chi connectivity index (χ3n) is 2.33. The zero-order valence-electron chi connectivity index (χ0n) is 7.86. The van der Waals surface area contributed by atoms with Gasteiger partial charge in [-0.25, -0.2) is 4.79 Å². The molecule has 1 aromatic heterocycles. The standard InChI is InChI=1S/C10H11NO2.ClH/c1-6-8(10(12)13)4-5-9(11-6)7-2-3-7;/h4-5,7H,2-3H2,1H3,(H,12,13);1H. The molecule has 14 heavy (non-hydrogen) atoms. The van der Waals surface area contributed by atoms with Gasteiger partial charge >= 0.3 is 5.97 Å². The Morgan fingerprint density at radius 1 is 1.50 bits per heavy atom. The molecule has 0 atom stereocenters. The third-order valence-corrected chi connectivity index (χ3v) is 2.33. The van der Waals surface area contributed by atoms with Gasteiger partial charge in [0.25, 0.3) is 0 Å². The minimum absolute atomic E-state index is 0. The van der Waals surface area contributed by atoms with Crippen molar-refractivity contribution in [2.75, 3.05) is 0 Å². The van der Waals surface area contributed by atoms with Gasteiger partial charge in [0.15, 0.2) is 0 Å². The Labute approximate surface area is 88.6 Å².